The van der Waals surface area contributed by atoms with Crippen molar-refractivity contribution in [2.75, 3.05) is 26.8 Å². The van der Waals surface area contributed by atoms with E-state index in [1.807, 2.05) is 0 Å². The first-order valence-corrected chi connectivity index (χ1v) is 9.06. The van der Waals surface area contributed by atoms with E-state index in [2.05, 4.69) is 0 Å². The lowest BCUT2D eigenvalue weighted by Crippen LogP contribution is -2.54. The molecular weight excluding hydrogens is 368 g/mol. The monoisotopic (exact) mass is 386 g/mol. The van der Waals surface area contributed by atoms with Gasteiger partial charge in [-0.3, -0.25) is 0 Å². The Morgan fingerprint density at radius 2 is 1.07 bits per heavy atom. The number of fused-ring (bicyclic) bond motifs is 3. The summed E-state index contributed by atoms with van der Waals surface area (Å²) in [6.45, 7) is 0.186. The topological polar surface area (TPSA) is 95.8 Å². The van der Waals surface area contributed by atoms with E-state index in [9.17, 15) is 10.2 Å². The summed E-state index contributed by atoms with van der Waals surface area (Å²) < 4.78 is 33.3. The molecule has 0 aliphatic carbocycles. The first-order valence-electron chi connectivity index (χ1n) is 9.06. The van der Waals surface area contributed by atoms with Gasteiger partial charge in [0.25, 0.3) is 0 Å². The highest BCUT2D eigenvalue weighted by atomic mass is 16.7. The second kappa shape index (κ2) is 5.51. The minimum absolute atomic E-state index is 0.0677. The summed E-state index contributed by atoms with van der Waals surface area (Å²) in [7, 11) is 0. The van der Waals surface area contributed by atoms with Gasteiger partial charge in [0.1, 0.15) is 12.2 Å². The van der Waals surface area contributed by atoms with Crippen molar-refractivity contribution < 1.29 is 38.6 Å². The summed E-state index contributed by atoms with van der Waals surface area (Å²) in [4.78, 5) is 0. The van der Waals surface area contributed by atoms with Gasteiger partial charge in [0.2, 0.25) is 13.6 Å². The molecule has 2 N–H and O–H groups in total. The molecule has 0 amide bonds. The van der Waals surface area contributed by atoms with Crippen LogP contribution < -0.4 is 18.9 Å². The maximum absolute atomic E-state index is 11.4. The zero-order valence-electron chi connectivity index (χ0n) is 14.8. The lowest BCUT2D eigenvalue weighted by molar-refractivity contribution is -0.113. The summed E-state index contributed by atoms with van der Waals surface area (Å²) in [5.41, 5.74) is -1.83. The zero-order valence-corrected chi connectivity index (χ0v) is 14.8. The molecule has 6 rings (SSSR count). The Balaban J connectivity index is 1.35. The fraction of sp³-hybridized carbons (Fsp3) is 0.400. The van der Waals surface area contributed by atoms with Crippen molar-refractivity contribution in [2.24, 2.45) is 0 Å². The fourth-order valence-corrected chi connectivity index (χ4v) is 4.45. The molecule has 0 bridgehead atoms. The highest BCUT2D eigenvalue weighted by Crippen LogP contribution is 2.56. The minimum Gasteiger partial charge on any atom is -0.454 e. The molecule has 0 radical (unpaired) electrons. The quantitative estimate of drug-likeness (QED) is 0.801. The molecule has 0 saturated carbocycles. The van der Waals surface area contributed by atoms with Crippen molar-refractivity contribution in [3.63, 3.8) is 0 Å². The summed E-state index contributed by atoms with van der Waals surface area (Å²) in [5, 5.41) is 22.9. The molecular formula is C20H18O8. The van der Waals surface area contributed by atoms with Crippen molar-refractivity contribution in [3.05, 3.63) is 47.5 Å². The molecule has 2 fully saturated rings. The molecule has 146 valence electrons. The zero-order chi connectivity index (χ0) is 18.9. The Morgan fingerprint density at radius 1 is 0.643 bits per heavy atom. The average molecular weight is 386 g/mol. The van der Waals surface area contributed by atoms with Gasteiger partial charge >= 0.3 is 0 Å². The molecule has 2 saturated heterocycles. The molecule has 2 aromatic carbocycles. The third-order valence-electron chi connectivity index (χ3n) is 5.96. The highest BCUT2D eigenvalue weighted by Gasteiger charge is 2.69. The van der Waals surface area contributed by atoms with Crippen LogP contribution in [0.5, 0.6) is 23.0 Å². The lowest BCUT2D eigenvalue weighted by atomic mass is 9.77. The number of hydrogen-bond donors (Lipinski definition) is 2. The summed E-state index contributed by atoms with van der Waals surface area (Å²) >= 11 is 0. The van der Waals surface area contributed by atoms with E-state index in [4.69, 9.17) is 28.4 Å². The third-order valence-corrected chi connectivity index (χ3v) is 5.96. The van der Waals surface area contributed by atoms with Gasteiger partial charge in [0.05, 0.1) is 13.2 Å². The summed E-state index contributed by atoms with van der Waals surface area (Å²) in [6, 6.07) is 10.7. The van der Waals surface area contributed by atoms with Gasteiger partial charge in [-0.25, -0.2) is 0 Å². The van der Waals surface area contributed by atoms with Crippen molar-refractivity contribution in [1.29, 1.82) is 0 Å². The molecule has 8 nitrogen and oxygen atoms in total. The second-order valence-corrected chi connectivity index (χ2v) is 7.46. The Morgan fingerprint density at radius 3 is 1.54 bits per heavy atom. The van der Waals surface area contributed by atoms with Gasteiger partial charge in [-0.2, -0.15) is 0 Å². The smallest absolute Gasteiger partial charge is 0.231 e. The number of rotatable bonds is 2. The van der Waals surface area contributed by atoms with Crippen LogP contribution in [0.2, 0.25) is 0 Å². The average Bonchev–Trinajstić information content (AvgIpc) is 3.43. The van der Waals surface area contributed by atoms with Gasteiger partial charge in [-0.1, -0.05) is 12.1 Å². The molecule has 4 aliphatic rings. The Hall–Kier alpha value is -2.52. The highest BCUT2D eigenvalue weighted by molar-refractivity contribution is 5.48. The van der Waals surface area contributed by atoms with E-state index >= 15 is 0 Å². The van der Waals surface area contributed by atoms with Crippen molar-refractivity contribution in [1.82, 2.24) is 0 Å². The van der Waals surface area contributed by atoms with Crippen LogP contribution in [0.25, 0.3) is 0 Å². The van der Waals surface area contributed by atoms with Crippen LogP contribution in [0.1, 0.15) is 23.3 Å². The fourth-order valence-electron chi connectivity index (χ4n) is 4.45. The van der Waals surface area contributed by atoms with E-state index < -0.39 is 23.4 Å². The molecule has 8 heteroatoms. The van der Waals surface area contributed by atoms with E-state index in [0.29, 0.717) is 34.1 Å². The van der Waals surface area contributed by atoms with E-state index in [-0.39, 0.29) is 26.8 Å². The van der Waals surface area contributed by atoms with Crippen molar-refractivity contribution in [3.8, 4) is 23.0 Å². The van der Waals surface area contributed by atoms with E-state index in [1.165, 1.54) is 0 Å². The van der Waals surface area contributed by atoms with Crippen LogP contribution in [0.4, 0.5) is 0 Å². The van der Waals surface area contributed by atoms with Crippen LogP contribution in [0, 0.1) is 0 Å². The predicted molar refractivity (Wildman–Crippen MR) is 92.4 cm³/mol. The summed E-state index contributed by atoms with van der Waals surface area (Å²) in [6.07, 6.45) is -1.52. The number of ether oxygens (including phenoxy) is 6. The van der Waals surface area contributed by atoms with Crippen LogP contribution in [-0.2, 0) is 9.47 Å². The largest absolute Gasteiger partial charge is 0.454 e. The third kappa shape index (κ3) is 2.03. The van der Waals surface area contributed by atoms with Crippen LogP contribution in [0.3, 0.4) is 0 Å². The van der Waals surface area contributed by atoms with Crippen LogP contribution in [0.15, 0.2) is 36.4 Å². The standard InChI is InChI=1S/C20H18O8/c21-19-7-24-18(12-2-4-14-16(6-12)28-10-26-14)20(19,22)8-23-17(19)11-1-3-13-15(5-11)27-9-25-13/h1-6,17-18,21-22H,7-10H2. The van der Waals surface area contributed by atoms with Crippen molar-refractivity contribution in [2.45, 2.75) is 23.4 Å². The Bertz CT molecular complexity index is 884. The van der Waals surface area contributed by atoms with Crippen molar-refractivity contribution >= 4 is 0 Å². The van der Waals surface area contributed by atoms with E-state index in [1.54, 1.807) is 36.4 Å². The molecule has 4 atom stereocenters. The molecule has 4 aliphatic heterocycles. The van der Waals surface area contributed by atoms with Crippen LogP contribution >= 0.6 is 0 Å². The molecule has 4 unspecified atom stereocenters. The van der Waals surface area contributed by atoms with Gasteiger partial charge in [-0.15, -0.1) is 0 Å². The Kier molecular flexibility index (Phi) is 3.24. The maximum atomic E-state index is 11.4. The van der Waals surface area contributed by atoms with Gasteiger partial charge in [0, 0.05) is 0 Å². The Labute approximate surface area is 160 Å². The van der Waals surface area contributed by atoms with Crippen LogP contribution in [-0.4, -0.2) is 48.2 Å². The summed E-state index contributed by atoms with van der Waals surface area (Å²) in [5.74, 6) is 2.47. The predicted octanol–water partition coefficient (Wildman–Crippen LogP) is 1.45. The molecule has 4 heterocycles. The number of benzene rings is 2. The molecule has 2 aromatic rings. The molecule has 0 spiro atoms. The van der Waals surface area contributed by atoms with Gasteiger partial charge in [-0.05, 0) is 35.4 Å². The van der Waals surface area contributed by atoms with Gasteiger partial charge in [0.15, 0.2) is 34.2 Å². The normalized spacial score (nSPS) is 34.6. The SMILES string of the molecule is OC12COC(c3ccc4c(c3)OCO4)C1(O)COC2c1ccc2c(c1)OCO2. The minimum atomic E-state index is -1.61. The lowest BCUT2D eigenvalue weighted by Gasteiger charge is -2.34. The first-order chi connectivity index (χ1) is 13.6. The first kappa shape index (κ1) is 16.4. The molecule has 0 aromatic heterocycles. The van der Waals surface area contributed by atoms with E-state index in [0.717, 1.165) is 0 Å². The maximum Gasteiger partial charge on any atom is 0.231 e. The number of aliphatic hydroxyl groups is 2. The number of hydrogen-bond acceptors (Lipinski definition) is 8. The van der Waals surface area contributed by atoms with Gasteiger partial charge < -0.3 is 38.6 Å². The second-order valence-electron chi connectivity index (χ2n) is 7.46. The molecule has 28 heavy (non-hydrogen) atoms.